The SMILES string of the molecule is CC(=O)NC1CCN(c2ccc(CO)cc2)C1. The van der Waals surface area contributed by atoms with E-state index in [0.29, 0.717) is 0 Å². The largest absolute Gasteiger partial charge is 0.392 e. The lowest BCUT2D eigenvalue weighted by Crippen LogP contribution is -2.35. The van der Waals surface area contributed by atoms with Crippen LogP contribution in [0.2, 0.25) is 0 Å². The Morgan fingerprint density at radius 3 is 2.76 bits per heavy atom. The molecule has 0 spiro atoms. The van der Waals surface area contributed by atoms with Crippen LogP contribution in [0.5, 0.6) is 0 Å². The van der Waals surface area contributed by atoms with Gasteiger partial charge in [-0.15, -0.1) is 0 Å². The molecule has 92 valence electrons. The van der Waals surface area contributed by atoms with Crippen LogP contribution in [-0.4, -0.2) is 30.1 Å². The average Bonchev–Trinajstić information content (AvgIpc) is 2.77. The molecule has 0 saturated carbocycles. The minimum atomic E-state index is 0.0347. The van der Waals surface area contributed by atoms with Gasteiger partial charge < -0.3 is 15.3 Å². The zero-order valence-corrected chi connectivity index (χ0v) is 10.0. The first-order chi connectivity index (χ1) is 8.19. The predicted octanol–water partition coefficient (Wildman–Crippen LogP) is 0.894. The molecule has 2 N–H and O–H groups in total. The summed E-state index contributed by atoms with van der Waals surface area (Å²) in [5.41, 5.74) is 2.07. The second kappa shape index (κ2) is 5.19. The summed E-state index contributed by atoms with van der Waals surface area (Å²) in [6, 6.07) is 8.15. The summed E-state index contributed by atoms with van der Waals surface area (Å²) < 4.78 is 0. The van der Waals surface area contributed by atoms with Gasteiger partial charge in [0, 0.05) is 31.7 Å². The normalized spacial score (nSPS) is 19.4. The van der Waals surface area contributed by atoms with E-state index in [0.717, 1.165) is 30.8 Å². The molecule has 0 aliphatic carbocycles. The molecule has 1 heterocycles. The van der Waals surface area contributed by atoms with E-state index in [1.54, 1.807) is 6.92 Å². The van der Waals surface area contributed by atoms with Crippen molar-refractivity contribution in [3.63, 3.8) is 0 Å². The van der Waals surface area contributed by atoms with Crippen LogP contribution in [0.1, 0.15) is 18.9 Å². The molecule has 1 aromatic rings. The van der Waals surface area contributed by atoms with Gasteiger partial charge in [0.15, 0.2) is 0 Å². The standard InChI is InChI=1S/C13H18N2O2/c1-10(17)14-12-6-7-15(8-12)13-4-2-11(9-16)3-5-13/h2-5,12,16H,6-9H2,1H3,(H,14,17). The smallest absolute Gasteiger partial charge is 0.217 e. The molecule has 1 amide bonds. The Balaban J connectivity index is 1.97. The van der Waals surface area contributed by atoms with E-state index < -0.39 is 0 Å². The van der Waals surface area contributed by atoms with E-state index in [1.807, 2.05) is 24.3 Å². The number of carbonyl (C=O) groups excluding carboxylic acids is 1. The van der Waals surface area contributed by atoms with Crippen molar-refractivity contribution in [2.75, 3.05) is 18.0 Å². The van der Waals surface area contributed by atoms with Crippen molar-refractivity contribution in [2.45, 2.75) is 26.0 Å². The number of hydrogen-bond acceptors (Lipinski definition) is 3. The zero-order chi connectivity index (χ0) is 12.3. The third-order valence-electron chi connectivity index (χ3n) is 3.08. The highest BCUT2D eigenvalue weighted by molar-refractivity contribution is 5.73. The Morgan fingerprint density at radius 2 is 2.18 bits per heavy atom. The molecule has 4 nitrogen and oxygen atoms in total. The number of rotatable bonds is 3. The number of aliphatic hydroxyl groups is 1. The van der Waals surface area contributed by atoms with Crippen LogP contribution in [0.15, 0.2) is 24.3 Å². The van der Waals surface area contributed by atoms with Crippen LogP contribution in [-0.2, 0) is 11.4 Å². The average molecular weight is 234 g/mol. The molecule has 1 aliphatic rings. The minimum Gasteiger partial charge on any atom is -0.392 e. The van der Waals surface area contributed by atoms with Gasteiger partial charge in [0.1, 0.15) is 0 Å². The molecule has 17 heavy (non-hydrogen) atoms. The van der Waals surface area contributed by atoms with Gasteiger partial charge in [-0.05, 0) is 24.1 Å². The van der Waals surface area contributed by atoms with Gasteiger partial charge in [0.25, 0.3) is 0 Å². The van der Waals surface area contributed by atoms with Crippen LogP contribution >= 0.6 is 0 Å². The van der Waals surface area contributed by atoms with Gasteiger partial charge >= 0.3 is 0 Å². The van der Waals surface area contributed by atoms with Crippen LogP contribution in [0.3, 0.4) is 0 Å². The molecule has 1 saturated heterocycles. The maximum Gasteiger partial charge on any atom is 0.217 e. The highest BCUT2D eigenvalue weighted by atomic mass is 16.3. The number of amides is 1. The van der Waals surface area contributed by atoms with Gasteiger partial charge in [0.2, 0.25) is 5.91 Å². The van der Waals surface area contributed by atoms with E-state index in [4.69, 9.17) is 5.11 Å². The highest BCUT2D eigenvalue weighted by Crippen LogP contribution is 2.20. The van der Waals surface area contributed by atoms with Crippen molar-refractivity contribution < 1.29 is 9.90 Å². The van der Waals surface area contributed by atoms with Gasteiger partial charge in [-0.1, -0.05) is 12.1 Å². The van der Waals surface area contributed by atoms with Crippen molar-refractivity contribution in [3.8, 4) is 0 Å². The predicted molar refractivity (Wildman–Crippen MR) is 66.8 cm³/mol. The van der Waals surface area contributed by atoms with Crippen LogP contribution in [0.25, 0.3) is 0 Å². The number of anilines is 1. The second-order valence-electron chi connectivity index (χ2n) is 4.46. The molecule has 1 fully saturated rings. The first-order valence-electron chi connectivity index (χ1n) is 5.91. The first-order valence-corrected chi connectivity index (χ1v) is 5.91. The molecule has 0 radical (unpaired) electrons. The number of hydrogen-bond donors (Lipinski definition) is 2. The molecule has 0 bridgehead atoms. The number of carbonyl (C=O) groups is 1. The van der Waals surface area contributed by atoms with Crippen LogP contribution < -0.4 is 10.2 Å². The molecule has 1 atom stereocenters. The van der Waals surface area contributed by atoms with Crippen molar-refractivity contribution >= 4 is 11.6 Å². The molecule has 0 aromatic heterocycles. The maximum absolute atomic E-state index is 11.0. The molecule has 2 rings (SSSR count). The van der Waals surface area contributed by atoms with Gasteiger partial charge in [-0.3, -0.25) is 4.79 Å². The zero-order valence-electron chi connectivity index (χ0n) is 10.0. The van der Waals surface area contributed by atoms with Crippen LogP contribution in [0.4, 0.5) is 5.69 Å². The molecule has 1 aromatic carbocycles. The monoisotopic (exact) mass is 234 g/mol. The van der Waals surface area contributed by atoms with Crippen LogP contribution in [0, 0.1) is 0 Å². The first kappa shape index (κ1) is 11.9. The topological polar surface area (TPSA) is 52.6 Å². The third kappa shape index (κ3) is 2.97. The Hall–Kier alpha value is -1.55. The highest BCUT2D eigenvalue weighted by Gasteiger charge is 2.22. The van der Waals surface area contributed by atoms with E-state index >= 15 is 0 Å². The Kier molecular flexibility index (Phi) is 3.64. The van der Waals surface area contributed by atoms with Gasteiger partial charge in [-0.2, -0.15) is 0 Å². The summed E-state index contributed by atoms with van der Waals surface area (Å²) in [4.78, 5) is 13.2. The van der Waals surface area contributed by atoms with E-state index in [-0.39, 0.29) is 18.6 Å². The fraction of sp³-hybridized carbons (Fsp3) is 0.462. The van der Waals surface area contributed by atoms with Crippen molar-refractivity contribution in [1.29, 1.82) is 0 Å². The van der Waals surface area contributed by atoms with E-state index in [2.05, 4.69) is 10.2 Å². The maximum atomic E-state index is 11.0. The Morgan fingerprint density at radius 1 is 1.47 bits per heavy atom. The van der Waals surface area contributed by atoms with Gasteiger partial charge in [0.05, 0.1) is 6.61 Å². The molecule has 4 heteroatoms. The lowest BCUT2D eigenvalue weighted by atomic mass is 10.2. The fourth-order valence-corrected chi connectivity index (χ4v) is 2.21. The van der Waals surface area contributed by atoms with Gasteiger partial charge in [-0.25, -0.2) is 0 Å². The number of aliphatic hydroxyl groups excluding tert-OH is 1. The minimum absolute atomic E-state index is 0.0347. The summed E-state index contributed by atoms with van der Waals surface area (Å²) in [6.07, 6.45) is 0.987. The van der Waals surface area contributed by atoms with Crippen molar-refractivity contribution in [1.82, 2.24) is 5.32 Å². The molecular formula is C13H18N2O2. The quantitative estimate of drug-likeness (QED) is 0.817. The Labute approximate surface area is 101 Å². The summed E-state index contributed by atoms with van der Waals surface area (Å²) in [7, 11) is 0. The number of nitrogens with zero attached hydrogens (tertiary/aromatic N) is 1. The molecule has 1 unspecified atom stereocenters. The fourth-order valence-electron chi connectivity index (χ4n) is 2.21. The number of nitrogens with one attached hydrogen (secondary N) is 1. The Bertz CT molecular complexity index is 389. The number of benzene rings is 1. The summed E-state index contributed by atoms with van der Waals surface area (Å²) in [5, 5.41) is 11.9. The van der Waals surface area contributed by atoms with E-state index in [9.17, 15) is 4.79 Å². The second-order valence-corrected chi connectivity index (χ2v) is 4.46. The lowest BCUT2D eigenvalue weighted by Gasteiger charge is -2.19. The molecular weight excluding hydrogens is 216 g/mol. The van der Waals surface area contributed by atoms with Crippen molar-refractivity contribution in [3.05, 3.63) is 29.8 Å². The van der Waals surface area contributed by atoms with Crippen molar-refractivity contribution in [2.24, 2.45) is 0 Å². The van der Waals surface area contributed by atoms with E-state index in [1.165, 1.54) is 0 Å². The summed E-state index contributed by atoms with van der Waals surface area (Å²) in [6.45, 7) is 3.45. The lowest BCUT2D eigenvalue weighted by molar-refractivity contribution is -0.119. The molecule has 1 aliphatic heterocycles. The third-order valence-corrected chi connectivity index (χ3v) is 3.08. The summed E-state index contributed by atoms with van der Waals surface area (Å²) in [5.74, 6) is 0.0347. The summed E-state index contributed by atoms with van der Waals surface area (Å²) >= 11 is 0.